The van der Waals surface area contributed by atoms with Crippen LogP contribution in [0.2, 0.25) is 0 Å². The molecule has 5 nitrogen and oxygen atoms in total. The highest BCUT2D eigenvalue weighted by Gasteiger charge is 2.30. The van der Waals surface area contributed by atoms with Crippen LogP contribution in [0.1, 0.15) is 35.6 Å². The molecular weight excluding hydrogens is 431 g/mol. The van der Waals surface area contributed by atoms with Gasteiger partial charge < -0.3 is 15.0 Å². The van der Waals surface area contributed by atoms with Gasteiger partial charge >= 0.3 is 0 Å². The molecule has 3 aromatic rings. The van der Waals surface area contributed by atoms with Crippen LogP contribution >= 0.6 is 0 Å². The van der Waals surface area contributed by atoms with Crippen molar-refractivity contribution in [2.24, 2.45) is 5.92 Å². The number of carbonyl (C=O) groups excluding carboxylic acids is 2. The maximum absolute atomic E-state index is 13.3. The van der Waals surface area contributed by atoms with Crippen LogP contribution in [-0.2, 0) is 16.0 Å². The van der Waals surface area contributed by atoms with Gasteiger partial charge in [0.2, 0.25) is 11.8 Å². The molecule has 1 N–H and O–H groups in total. The average molecular weight is 461 g/mol. The Morgan fingerprint density at radius 2 is 1.68 bits per heavy atom. The SMILES string of the molecule is COc1ccc(C(NC(=O)C2CCCN(C(=O)Cc3ccc(F)cc3)C2)c2ccccc2)cc1. The van der Waals surface area contributed by atoms with E-state index in [9.17, 15) is 14.0 Å². The minimum Gasteiger partial charge on any atom is -0.497 e. The molecule has 3 aromatic carbocycles. The predicted octanol–water partition coefficient (Wildman–Crippen LogP) is 4.52. The topological polar surface area (TPSA) is 58.6 Å². The molecule has 0 spiro atoms. The second-order valence-corrected chi connectivity index (χ2v) is 8.61. The fourth-order valence-electron chi connectivity index (χ4n) is 4.37. The Hall–Kier alpha value is -3.67. The van der Waals surface area contributed by atoms with Crippen LogP contribution in [0.3, 0.4) is 0 Å². The summed E-state index contributed by atoms with van der Waals surface area (Å²) in [5.74, 6) is 0.0402. The second-order valence-electron chi connectivity index (χ2n) is 8.61. The first-order valence-electron chi connectivity index (χ1n) is 11.5. The van der Waals surface area contributed by atoms with Crippen molar-refractivity contribution in [1.82, 2.24) is 10.2 Å². The molecule has 0 radical (unpaired) electrons. The van der Waals surface area contributed by atoms with Crippen molar-refractivity contribution in [3.8, 4) is 5.75 Å². The number of likely N-dealkylation sites (tertiary alicyclic amines) is 1. The average Bonchev–Trinajstić information content (AvgIpc) is 2.89. The van der Waals surface area contributed by atoms with Crippen LogP contribution in [0.15, 0.2) is 78.9 Å². The molecule has 1 saturated heterocycles. The number of piperidine rings is 1. The third kappa shape index (κ3) is 5.81. The van der Waals surface area contributed by atoms with Gasteiger partial charge in [0.1, 0.15) is 11.6 Å². The van der Waals surface area contributed by atoms with E-state index in [-0.39, 0.29) is 36.0 Å². The van der Waals surface area contributed by atoms with Gasteiger partial charge in [-0.2, -0.15) is 0 Å². The first kappa shape index (κ1) is 23.5. The number of carbonyl (C=O) groups is 2. The number of rotatable bonds is 7. The number of ether oxygens (including phenoxy) is 1. The van der Waals surface area contributed by atoms with Crippen molar-refractivity contribution in [2.45, 2.75) is 25.3 Å². The number of nitrogens with zero attached hydrogens (tertiary/aromatic N) is 1. The molecule has 0 aromatic heterocycles. The molecule has 176 valence electrons. The summed E-state index contributed by atoms with van der Waals surface area (Å²) in [5, 5.41) is 3.21. The lowest BCUT2D eigenvalue weighted by Crippen LogP contribution is -2.46. The lowest BCUT2D eigenvalue weighted by atomic mass is 9.94. The molecule has 2 atom stereocenters. The molecule has 0 aliphatic carbocycles. The highest BCUT2D eigenvalue weighted by molar-refractivity contribution is 5.83. The maximum atomic E-state index is 13.3. The number of nitrogens with one attached hydrogen (secondary N) is 1. The van der Waals surface area contributed by atoms with Crippen LogP contribution in [0.25, 0.3) is 0 Å². The Kier molecular flexibility index (Phi) is 7.58. The van der Waals surface area contributed by atoms with E-state index in [0.717, 1.165) is 35.3 Å². The summed E-state index contributed by atoms with van der Waals surface area (Å²) in [6, 6.07) is 23.2. The summed E-state index contributed by atoms with van der Waals surface area (Å²) in [7, 11) is 1.62. The predicted molar refractivity (Wildman–Crippen MR) is 129 cm³/mol. The van der Waals surface area contributed by atoms with Gasteiger partial charge in [0, 0.05) is 13.1 Å². The van der Waals surface area contributed by atoms with E-state index in [2.05, 4.69) is 5.32 Å². The van der Waals surface area contributed by atoms with E-state index in [4.69, 9.17) is 4.74 Å². The van der Waals surface area contributed by atoms with Crippen molar-refractivity contribution in [3.63, 3.8) is 0 Å². The number of benzene rings is 3. The first-order valence-corrected chi connectivity index (χ1v) is 11.5. The Balaban J connectivity index is 1.45. The summed E-state index contributed by atoms with van der Waals surface area (Å²) < 4.78 is 18.4. The lowest BCUT2D eigenvalue weighted by molar-refractivity contribution is -0.135. The summed E-state index contributed by atoms with van der Waals surface area (Å²) in [6.07, 6.45) is 1.70. The Morgan fingerprint density at radius 3 is 2.35 bits per heavy atom. The van der Waals surface area contributed by atoms with Gasteiger partial charge in [0.25, 0.3) is 0 Å². The highest BCUT2D eigenvalue weighted by Crippen LogP contribution is 2.26. The Morgan fingerprint density at radius 1 is 1.00 bits per heavy atom. The van der Waals surface area contributed by atoms with E-state index >= 15 is 0 Å². The van der Waals surface area contributed by atoms with E-state index < -0.39 is 0 Å². The first-order chi connectivity index (χ1) is 16.5. The van der Waals surface area contributed by atoms with Crippen molar-refractivity contribution < 1.29 is 18.7 Å². The molecule has 2 unspecified atom stereocenters. The molecule has 1 heterocycles. The molecule has 0 bridgehead atoms. The third-order valence-corrected chi connectivity index (χ3v) is 6.28. The molecule has 1 aliphatic rings. The van der Waals surface area contributed by atoms with Crippen LogP contribution in [0.4, 0.5) is 4.39 Å². The largest absolute Gasteiger partial charge is 0.497 e. The second kappa shape index (κ2) is 11.0. The lowest BCUT2D eigenvalue weighted by Gasteiger charge is -2.33. The van der Waals surface area contributed by atoms with Crippen molar-refractivity contribution in [3.05, 3.63) is 101 Å². The fourth-order valence-corrected chi connectivity index (χ4v) is 4.37. The number of hydrogen-bond acceptors (Lipinski definition) is 3. The molecule has 1 fully saturated rings. The van der Waals surface area contributed by atoms with Crippen LogP contribution in [0.5, 0.6) is 5.75 Å². The van der Waals surface area contributed by atoms with E-state index in [1.807, 2.05) is 54.6 Å². The molecule has 0 saturated carbocycles. The number of hydrogen-bond donors (Lipinski definition) is 1. The van der Waals surface area contributed by atoms with Gasteiger partial charge in [0.05, 0.1) is 25.5 Å². The number of methoxy groups -OCH3 is 1. The van der Waals surface area contributed by atoms with Gasteiger partial charge in [-0.1, -0.05) is 54.6 Å². The number of halogens is 1. The zero-order valence-corrected chi connectivity index (χ0v) is 19.2. The standard InChI is InChI=1S/C28H29FN2O3/c1-34-25-15-11-22(12-16-25)27(21-6-3-2-4-7-21)30-28(33)23-8-5-17-31(19-23)26(32)18-20-9-13-24(29)14-10-20/h2-4,6-7,9-16,23,27H,5,8,17-19H2,1H3,(H,30,33). The Bertz CT molecular complexity index is 1100. The summed E-state index contributed by atoms with van der Waals surface area (Å²) in [5.41, 5.74) is 2.71. The monoisotopic (exact) mass is 460 g/mol. The van der Waals surface area contributed by atoms with Crippen LogP contribution in [-0.4, -0.2) is 36.9 Å². The molecule has 6 heteroatoms. The molecule has 2 amide bonds. The summed E-state index contributed by atoms with van der Waals surface area (Å²) in [6.45, 7) is 1.01. The minimum absolute atomic E-state index is 0.0427. The maximum Gasteiger partial charge on any atom is 0.227 e. The van der Waals surface area contributed by atoms with Crippen LogP contribution in [0, 0.1) is 11.7 Å². The number of amides is 2. The van der Waals surface area contributed by atoms with Crippen molar-refractivity contribution >= 4 is 11.8 Å². The zero-order chi connectivity index (χ0) is 23.9. The fraction of sp³-hybridized carbons (Fsp3) is 0.286. The van der Waals surface area contributed by atoms with Crippen molar-refractivity contribution in [2.75, 3.05) is 20.2 Å². The molecular formula is C28H29FN2O3. The third-order valence-electron chi connectivity index (χ3n) is 6.28. The highest BCUT2D eigenvalue weighted by atomic mass is 19.1. The van der Waals surface area contributed by atoms with E-state index in [0.29, 0.717) is 13.1 Å². The van der Waals surface area contributed by atoms with Gasteiger partial charge in [-0.3, -0.25) is 9.59 Å². The van der Waals surface area contributed by atoms with Gasteiger partial charge in [0.15, 0.2) is 0 Å². The molecule has 4 rings (SSSR count). The molecule has 34 heavy (non-hydrogen) atoms. The van der Waals surface area contributed by atoms with Crippen molar-refractivity contribution in [1.29, 1.82) is 0 Å². The van der Waals surface area contributed by atoms with Crippen LogP contribution < -0.4 is 10.1 Å². The normalized spacial score (nSPS) is 16.5. The van der Waals surface area contributed by atoms with Gasteiger partial charge in [-0.15, -0.1) is 0 Å². The smallest absolute Gasteiger partial charge is 0.227 e. The van der Waals surface area contributed by atoms with Gasteiger partial charge in [-0.05, 0) is 53.8 Å². The Labute approximate surface area is 199 Å². The quantitative estimate of drug-likeness (QED) is 0.564. The van der Waals surface area contributed by atoms with E-state index in [1.165, 1.54) is 12.1 Å². The van der Waals surface area contributed by atoms with Gasteiger partial charge in [-0.25, -0.2) is 4.39 Å². The summed E-state index contributed by atoms with van der Waals surface area (Å²) >= 11 is 0. The van der Waals surface area contributed by atoms with E-state index in [1.54, 1.807) is 24.1 Å². The zero-order valence-electron chi connectivity index (χ0n) is 19.2. The summed E-state index contributed by atoms with van der Waals surface area (Å²) in [4.78, 5) is 27.9. The minimum atomic E-state index is -0.323. The molecule has 1 aliphatic heterocycles.